The molecule has 1 aromatic carbocycles. The number of rotatable bonds is 7. The van der Waals surface area contributed by atoms with Crippen molar-refractivity contribution in [3.8, 4) is 5.75 Å². The molecule has 2 unspecified atom stereocenters. The Hall–Kier alpha value is -1.35. The molecular weight excluding hydrogens is 325 g/mol. The first kappa shape index (κ1) is 19.0. The van der Waals surface area contributed by atoms with E-state index in [-0.39, 0.29) is 25.0 Å². The summed E-state index contributed by atoms with van der Waals surface area (Å²) in [6, 6.07) is 4.61. The Morgan fingerprint density at radius 1 is 1.46 bits per heavy atom. The first-order valence-electron chi connectivity index (χ1n) is 7.83. The highest BCUT2D eigenvalue weighted by molar-refractivity contribution is 5.30. The van der Waals surface area contributed by atoms with Gasteiger partial charge in [-0.15, -0.1) is 0 Å². The van der Waals surface area contributed by atoms with E-state index in [1.165, 1.54) is 12.1 Å². The van der Waals surface area contributed by atoms with Crippen molar-refractivity contribution in [2.75, 3.05) is 46.4 Å². The molecule has 0 saturated carbocycles. The Morgan fingerprint density at radius 2 is 2.25 bits per heavy atom. The molecule has 1 heterocycles. The van der Waals surface area contributed by atoms with Crippen LogP contribution in [0.4, 0.5) is 13.2 Å². The summed E-state index contributed by atoms with van der Waals surface area (Å²) in [5.41, 5.74) is -0.772. The van der Waals surface area contributed by atoms with Crippen LogP contribution in [0.2, 0.25) is 0 Å². The standard InChI is InChI=1S/C16H23F3N2O3/c1-21-5-6-23-15(10-21)9-20-8-13(22)11-24-14-4-2-3-12(7-14)16(17,18)19/h2-4,7,13,15,20,22H,5-6,8-11H2,1H3. The minimum absolute atomic E-state index is 0.0698. The first-order valence-corrected chi connectivity index (χ1v) is 7.83. The third-order valence-corrected chi connectivity index (χ3v) is 3.70. The van der Waals surface area contributed by atoms with Crippen LogP contribution in [0.1, 0.15) is 5.56 Å². The van der Waals surface area contributed by atoms with E-state index in [9.17, 15) is 18.3 Å². The van der Waals surface area contributed by atoms with Crippen LogP contribution >= 0.6 is 0 Å². The lowest BCUT2D eigenvalue weighted by Crippen LogP contribution is -2.46. The zero-order valence-corrected chi connectivity index (χ0v) is 13.6. The van der Waals surface area contributed by atoms with Crippen molar-refractivity contribution in [2.45, 2.75) is 18.4 Å². The largest absolute Gasteiger partial charge is 0.491 e. The van der Waals surface area contributed by atoms with E-state index in [0.29, 0.717) is 13.2 Å². The van der Waals surface area contributed by atoms with Crippen LogP contribution in [-0.4, -0.2) is 68.7 Å². The predicted molar refractivity (Wildman–Crippen MR) is 83.1 cm³/mol. The van der Waals surface area contributed by atoms with Crippen molar-refractivity contribution in [2.24, 2.45) is 0 Å². The molecule has 2 rings (SSSR count). The van der Waals surface area contributed by atoms with Crippen molar-refractivity contribution >= 4 is 0 Å². The zero-order chi connectivity index (χ0) is 17.6. The Balaban J connectivity index is 1.68. The summed E-state index contributed by atoms with van der Waals surface area (Å²) >= 11 is 0. The topological polar surface area (TPSA) is 54.0 Å². The highest BCUT2D eigenvalue weighted by Crippen LogP contribution is 2.31. The number of aliphatic hydroxyl groups excluding tert-OH is 1. The van der Waals surface area contributed by atoms with Crippen molar-refractivity contribution < 1.29 is 27.8 Å². The number of hydrogen-bond acceptors (Lipinski definition) is 5. The van der Waals surface area contributed by atoms with E-state index >= 15 is 0 Å². The fraction of sp³-hybridized carbons (Fsp3) is 0.625. The van der Waals surface area contributed by atoms with E-state index in [1.54, 1.807) is 0 Å². The second-order valence-corrected chi connectivity index (χ2v) is 5.90. The zero-order valence-electron chi connectivity index (χ0n) is 13.6. The van der Waals surface area contributed by atoms with Gasteiger partial charge in [-0.1, -0.05) is 6.07 Å². The molecule has 8 heteroatoms. The smallest absolute Gasteiger partial charge is 0.416 e. The number of morpholine rings is 1. The molecule has 0 aromatic heterocycles. The molecule has 136 valence electrons. The minimum Gasteiger partial charge on any atom is -0.491 e. The van der Waals surface area contributed by atoms with Crippen LogP contribution in [0, 0.1) is 0 Å². The Bertz CT molecular complexity index is 514. The second-order valence-electron chi connectivity index (χ2n) is 5.90. The average Bonchev–Trinajstić information content (AvgIpc) is 2.52. The van der Waals surface area contributed by atoms with Gasteiger partial charge >= 0.3 is 6.18 Å². The highest BCUT2D eigenvalue weighted by Gasteiger charge is 2.30. The maximum absolute atomic E-state index is 12.6. The third-order valence-electron chi connectivity index (χ3n) is 3.70. The summed E-state index contributed by atoms with van der Waals surface area (Å²) < 4.78 is 48.6. The fourth-order valence-electron chi connectivity index (χ4n) is 2.41. The van der Waals surface area contributed by atoms with Gasteiger partial charge in [0.25, 0.3) is 0 Å². The number of alkyl halides is 3. The maximum atomic E-state index is 12.6. The van der Waals surface area contributed by atoms with Crippen molar-refractivity contribution in [3.05, 3.63) is 29.8 Å². The Kier molecular flexibility index (Phi) is 6.85. The maximum Gasteiger partial charge on any atom is 0.416 e. The molecule has 1 fully saturated rings. The van der Waals surface area contributed by atoms with Gasteiger partial charge in [-0.25, -0.2) is 0 Å². The number of ether oxygens (including phenoxy) is 2. The third kappa shape index (κ3) is 6.27. The molecule has 0 amide bonds. The van der Waals surface area contributed by atoms with Gasteiger partial charge in [0.1, 0.15) is 18.5 Å². The van der Waals surface area contributed by atoms with Crippen LogP contribution in [0.15, 0.2) is 24.3 Å². The second kappa shape index (κ2) is 8.66. The van der Waals surface area contributed by atoms with Crippen LogP contribution in [0.3, 0.4) is 0 Å². The summed E-state index contributed by atoms with van der Waals surface area (Å²) in [6.45, 7) is 3.21. The minimum atomic E-state index is -4.41. The number of aliphatic hydroxyl groups is 1. The van der Waals surface area contributed by atoms with Gasteiger partial charge in [-0.05, 0) is 25.2 Å². The number of likely N-dealkylation sites (N-methyl/N-ethyl adjacent to an activating group) is 1. The van der Waals surface area contributed by atoms with Gasteiger partial charge in [0.2, 0.25) is 0 Å². The number of nitrogens with one attached hydrogen (secondary N) is 1. The average molecular weight is 348 g/mol. The molecule has 0 radical (unpaired) electrons. The monoisotopic (exact) mass is 348 g/mol. The molecule has 1 saturated heterocycles. The van der Waals surface area contributed by atoms with Crippen molar-refractivity contribution in [1.82, 2.24) is 10.2 Å². The molecule has 24 heavy (non-hydrogen) atoms. The van der Waals surface area contributed by atoms with Gasteiger partial charge in [-0.2, -0.15) is 13.2 Å². The Labute approximate surface area is 139 Å². The van der Waals surface area contributed by atoms with Crippen LogP contribution in [0.25, 0.3) is 0 Å². The number of hydrogen-bond donors (Lipinski definition) is 2. The van der Waals surface area contributed by atoms with Gasteiger partial charge in [0.15, 0.2) is 0 Å². The summed E-state index contributed by atoms with van der Waals surface area (Å²) in [5, 5.41) is 12.9. The summed E-state index contributed by atoms with van der Waals surface area (Å²) in [5.74, 6) is 0.0844. The molecule has 0 bridgehead atoms. The van der Waals surface area contributed by atoms with E-state index < -0.39 is 17.8 Å². The van der Waals surface area contributed by atoms with Crippen LogP contribution < -0.4 is 10.1 Å². The summed E-state index contributed by atoms with van der Waals surface area (Å²) in [6.07, 6.45) is -5.16. The normalized spacial score (nSPS) is 20.8. The molecule has 0 aliphatic carbocycles. The molecule has 0 spiro atoms. The number of nitrogens with zero attached hydrogens (tertiary/aromatic N) is 1. The lowest BCUT2D eigenvalue weighted by atomic mass is 10.2. The summed E-state index contributed by atoms with van der Waals surface area (Å²) in [7, 11) is 2.02. The molecule has 2 N–H and O–H groups in total. The van der Waals surface area contributed by atoms with Gasteiger partial charge < -0.3 is 24.8 Å². The van der Waals surface area contributed by atoms with Crippen LogP contribution in [0.5, 0.6) is 5.75 Å². The fourth-order valence-corrected chi connectivity index (χ4v) is 2.41. The van der Waals surface area contributed by atoms with Crippen LogP contribution in [-0.2, 0) is 10.9 Å². The summed E-state index contributed by atoms with van der Waals surface area (Å²) in [4.78, 5) is 2.17. The van der Waals surface area contributed by atoms with Gasteiger partial charge in [-0.3, -0.25) is 0 Å². The first-order chi connectivity index (χ1) is 11.3. The quantitative estimate of drug-likeness (QED) is 0.779. The predicted octanol–water partition coefficient (Wildman–Crippen LogP) is 1.37. The molecule has 1 aromatic rings. The molecule has 1 aliphatic rings. The lowest BCUT2D eigenvalue weighted by Gasteiger charge is -2.30. The van der Waals surface area contributed by atoms with E-state index in [1.807, 2.05) is 7.05 Å². The van der Waals surface area contributed by atoms with E-state index in [4.69, 9.17) is 9.47 Å². The van der Waals surface area contributed by atoms with Crippen molar-refractivity contribution in [1.29, 1.82) is 0 Å². The molecule has 1 aliphatic heterocycles. The Morgan fingerprint density at radius 3 is 2.96 bits per heavy atom. The van der Waals surface area contributed by atoms with E-state index in [0.717, 1.165) is 25.2 Å². The number of benzene rings is 1. The molecular formula is C16H23F3N2O3. The lowest BCUT2D eigenvalue weighted by molar-refractivity contribution is -0.137. The molecule has 5 nitrogen and oxygen atoms in total. The number of halogens is 3. The SMILES string of the molecule is CN1CCOC(CNCC(O)COc2cccc(C(F)(F)F)c2)C1. The van der Waals surface area contributed by atoms with E-state index in [2.05, 4.69) is 10.2 Å². The van der Waals surface area contributed by atoms with Gasteiger partial charge in [0, 0.05) is 26.2 Å². The highest BCUT2D eigenvalue weighted by atomic mass is 19.4. The van der Waals surface area contributed by atoms with Gasteiger partial charge in [0.05, 0.1) is 18.3 Å². The van der Waals surface area contributed by atoms with Crippen molar-refractivity contribution in [3.63, 3.8) is 0 Å². The molecule has 2 atom stereocenters.